The van der Waals surface area contributed by atoms with Crippen LogP contribution in [0.15, 0.2) is 70.9 Å². The third kappa shape index (κ3) is 6.92. The number of aliphatic hydroxyl groups excluding tert-OH is 2. The van der Waals surface area contributed by atoms with Crippen molar-refractivity contribution in [2.24, 2.45) is 0 Å². The summed E-state index contributed by atoms with van der Waals surface area (Å²) >= 11 is 0. The SMILES string of the molecule is CCCC[N+](CCCC)=C1C=CC(=C2C(O)C(=C3C=CC(=[N+](CCCC)CCCC)C=C3)C2O)C=C1. The van der Waals surface area contributed by atoms with E-state index >= 15 is 0 Å². The molecule has 4 nitrogen and oxygen atoms in total. The predicted molar refractivity (Wildman–Crippen MR) is 152 cm³/mol. The summed E-state index contributed by atoms with van der Waals surface area (Å²) in [5, 5.41) is 22.0. The zero-order valence-corrected chi connectivity index (χ0v) is 23.0. The van der Waals surface area contributed by atoms with Gasteiger partial charge in [-0.15, -0.1) is 0 Å². The molecule has 196 valence electrons. The van der Waals surface area contributed by atoms with E-state index in [0.717, 1.165) is 37.3 Å². The molecule has 3 aliphatic rings. The lowest BCUT2D eigenvalue weighted by atomic mass is 9.73. The van der Waals surface area contributed by atoms with Gasteiger partial charge in [0.05, 0.1) is 0 Å². The topological polar surface area (TPSA) is 46.5 Å². The molecule has 3 aliphatic carbocycles. The summed E-state index contributed by atoms with van der Waals surface area (Å²) < 4.78 is 4.91. The Bertz CT molecular complexity index is 867. The van der Waals surface area contributed by atoms with E-state index in [-0.39, 0.29) is 0 Å². The molecule has 0 aromatic heterocycles. The molecular formula is C32H48N2O2+2. The highest BCUT2D eigenvalue weighted by molar-refractivity contribution is 6.03. The molecule has 0 aliphatic heterocycles. The molecule has 0 radical (unpaired) electrons. The molecule has 3 rings (SSSR count). The maximum Gasteiger partial charge on any atom is 0.199 e. The Kier molecular flexibility index (Phi) is 11.3. The average molecular weight is 493 g/mol. The van der Waals surface area contributed by atoms with Gasteiger partial charge in [-0.05, 0) is 35.5 Å². The largest absolute Gasteiger partial charge is 0.384 e. The van der Waals surface area contributed by atoms with Crippen molar-refractivity contribution in [3.05, 3.63) is 70.9 Å². The van der Waals surface area contributed by atoms with Gasteiger partial charge in [-0.25, -0.2) is 9.15 Å². The number of aliphatic hydroxyl groups is 2. The molecule has 1 saturated carbocycles. The standard InChI is InChI=1S/C32H48N2O2/c1-5-9-21-33(22-10-6-2)27-17-13-25(14-18-27)29-31(35)30(32(29)36)26-15-19-28(20-16-26)34(23-11-7-3)24-12-8-4/h13-20,31-32,35-36H,5-12,21-24H2,1-4H3/q+2. The lowest BCUT2D eigenvalue weighted by Crippen LogP contribution is -2.42. The summed E-state index contributed by atoms with van der Waals surface area (Å²) in [6, 6.07) is 0. The van der Waals surface area contributed by atoms with Crippen LogP contribution in [0, 0.1) is 0 Å². The van der Waals surface area contributed by atoms with Gasteiger partial charge < -0.3 is 10.2 Å². The lowest BCUT2D eigenvalue weighted by Gasteiger charge is -2.38. The first kappa shape index (κ1) is 28.3. The quantitative estimate of drug-likeness (QED) is 0.345. The Morgan fingerprint density at radius 1 is 0.500 bits per heavy atom. The van der Waals surface area contributed by atoms with Gasteiger partial charge in [0.15, 0.2) is 11.4 Å². The minimum absolute atomic E-state index is 0.710. The van der Waals surface area contributed by atoms with Gasteiger partial charge in [0.1, 0.15) is 38.4 Å². The fourth-order valence-electron chi connectivity index (χ4n) is 5.03. The van der Waals surface area contributed by atoms with E-state index in [0.29, 0.717) is 11.1 Å². The lowest BCUT2D eigenvalue weighted by molar-refractivity contribution is -0.527. The molecule has 0 spiro atoms. The van der Waals surface area contributed by atoms with Gasteiger partial charge in [0, 0.05) is 61.1 Å². The Morgan fingerprint density at radius 3 is 1.03 bits per heavy atom. The van der Waals surface area contributed by atoms with Gasteiger partial charge in [0.25, 0.3) is 0 Å². The van der Waals surface area contributed by atoms with Crippen LogP contribution < -0.4 is 0 Å². The second-order valence-electron chi connectivity index (χ2n) is 10.2. The van der Waals surface area contributed by atoms with Crippen molar-refractivity contribution >= 4 is 11.4 Å². The highest BCUT2D eigenvalue weighted by Crippen LogP contribution is 2.40. The van der Waals surface area contributed by atoms with Crippen molar-refractivity contribution in [3.8, 4) is 0 Å². The van der Waals surface area contributed by atoms with Crippen LogP contribution in [-0.2, 0) is 0 Å². The second-order valence-corrected chi connectivity index (χ2v) is 10.2. The highest BCUT2D eigenvalue weighted by atomic mass is 16.3. The molecule has 0 amide bonds. The van der Waals surface area contributed by atoms with E-state index in [4.69, 9.17) is 0 Å². The number of allylic oxidation sites excluding steroid dienone is 10. The molecule has 2 N–H and O–H groups in total. The molecule has 0 unspecified atom stereocenters. The van der Waals surface area contributed by atoms with Crippen molar-refractivity contribution in [3.63, 3.8) is 0 Å². The second kappa shape index (κ2) is 14.4. The minimum Gasteiger partial charge on any atom is -0.384 e. The number of hydrogen-bond donors (Lipinski definition) is 2. The smallest absolute Gasteiger partial charge is 0.199 e. The van der Waals surface area contributed by atoms with Crippen molar-refractivity contribution in [2.75, 3.05) is 26.2 Å². The highest BCUT2D eigenvalue weighted by Gasteiger charge is 2.41. The van der Waals surface area contributed by atoms with Crippen LogP contribution in [-0.4, -0.2) is 69.2 Å². The van der Waals surface area contributed by atoms with E-state index in [1.54, 1.807) is 0 Å². The number of nitrogens with zero attached hydrogens (tertiary/aromatic N) is 2. The molecule has 36 heavy (non-hydrogen) atoms. The summed E-state index contributed by atoms with van der Waals surface area (Å²) in [7, 11) is 0. The summed E-state index contributed by atoms with van der Waals surface area (Å²) in [5.41, 5.74) is 5.72. The van der Waals surface area contributed by atoms with Gasteiger partial charge in [-0.1, -0.05) is 53.4 Å². The first-order chi connectivity index (χ1) is 17.5. The molecule has 0 aromatic carbocycles. The van der Waals surface area contributed by atoms with Crippen molar-refractivity contribution in [1.29, 1.82) is 0 Å². The van der Waals surface area contributed by atoms with Crippen LogP contribution in [0.1, 0.15) is 79.1 Å². The fraction of sp³-hybridized carbons (Fsp3) is 0.562. The van der Waals surface area contributed by atoms with Crippen LogP contribution in [0.2, 0.25) is 0 Å². The molecule has 0 atom stereocenters. The Hall–Kier alpha value is -2.30. The van der Waals surface area contributed by atoms with Crippen LogP contribution in [0.3, 0.4) is 0 Å². The van der Waals surface area contributed by atoms with Crippen LogP contribution in [0.25, 0.3) is 0 Å². The van der Waals surface area contributed by atoms with Crippen LogP contribution >= 0.6 is 0 Å². The van der Waals surface area contributed by atoms with Crippen LogP contribution in [0.5, 0.6) is 0 Å². The summed E-state index contributed by atoms with van der Waals surface area (Å²) in [4.78, 5) is 0. The maximum absolute atomic E-state index is 11.0. The number of hydrogen-bond acceptors (Lipinski definition) is 2. The first-order valence-electron chi connectivity index (χ1n) is 14.4. The number of rotatable bonds is 12. The molecule has 0 heterocycles. The van der Waals surface area contributed by atoms with Gasteiger partial charge >= 0.3 is 0 Å². The zero-order chi connectivity index (χ0) is 25.9. The Morgan fingerprint density at radius 2 is 0.778 bits per heavy atom. The summed E-state index contributed by atoms with van der Waals surface area (Å²) in [6.07, 6.45) is 24.8. The minimum atomic E-state index is -0.732. The molecule has 1 fully saturated rings. The fourth-order valence-corrected chi connectivity index (χ4v) is 5.03. The van der Waals surface area contributed by atoms with Crippen LogP contribution in [0.4, 0.5) is 0 Å². The summed E-state index contributed by atoms with van der Waals surface area (Å²) in [5.74, 6) is 0. The van der Waals surface area contributed by atoms with E-state index in [1.807, 2.05) is 0 Å². The predicted octanol–water partition coefficient (Wildman–Crippen LogP) is 5.67. The normalized spacial score (nSPS) is 21.1. The zero-order valence-electron chi connectivity index (χ0n) is 23.0. The molecular weight excluding hydrogens is 444 g/mol. The number of unbranched alkanes of at least 4 members (excludes halogenated alkanes) is 4. The average Bonchev–Trinajstić information content (AvgIpc) is 2.90. The maximum atomic E-state index is 11.0. The molecule has 0 bridgehead atoms. The van der Waals surface area contributed by atoms with E-state index in [9.17, 15) is 10.2 Å². The Labute approximate surface area is 219 Å². The molecule has 0 saturated heterocycles. The Balaban J connectivity index is 1.78. The van der Waals surface area contributed by atoms with Crippen molar-refractivity contribution in [2.45, 2.75) is 91.3 Å². The summed E-state index contributed by atoms with van der Waals surface area (Å²) in [6.45, 7) is 13.2. The third-order valence-corrected chi connectivity index (χ3v) is 7.44. The van der Waals surface area contributed by atoms with E-state index in [2.05, 4.69) is 85.5 Å². The molecule has 0 aromatic rings. The third-order valence-electron chi connectivity index (χ3n) is 7.44. The first-order valence-corrected chi connectivity index (χ1v) is 14.4. The van der Waals surface area contributed by atoms with Gasteiger partial charge in [-0.2, -0.15) is 0 Å². The van der Waals surface area contributed by atoms with Gasteiger partial charge in [0.2, 0.25) is 0 Å². The monoisotopic (exact) mass is 492 g/mol. The van der Waals surface area contributed by atoms with Crippen molar-refractivity contribution in [1.82, 2.24) is 0 Å². The van der Waals surface area contributed by atoms with Gasteiger partial charge in [-0.3, -0.25) is 0 Å². The molecule has 4 heteroatoms. The van der Waals surface area contributed by atoms with Crippen molar-refractivity contribution < 1.29 is 19.4 Å². The van der Waals surface area contributed by atoms with E-state index < -0.39 is 12.2 Å². The van der Waals surface area contributed by atoms with E-state index in [1.165, 1.54) is 62.8 Å².